The van der Waals surface area contributed by atoms with Crippen molar-refractivity contribution in [1.29, 1.82) is 0 Å². The lowest BCUT2D eigenvalue weighted by atomic mass is 9.79. The van der Waals surface area contributed by atoms with Gasteiger partial charge in [0.05, 0.1) is 22.2 Å². The third-order valence-electron chi connectivity index (χ3n) is 8.36. The van der Waals surface area contributed by atoms with Gasteiger partial charge in [-0.2, -0.15) is 0 Å². The molecule has 4 heterocycles. The Hall–Kier alpha value is -1.37. The van der Waals surface area contributed by atoms with Gasteiger partial charge in [-0.1, -0.05) is 12.5 Å². The number of rotatable bonds is 2. The van der Waals surface area contributed by atoms with Crippen molar-refractivity contribution in [2.75, 3.05) is 0 Å². The zero-order chi connectivity index (χ0) is 20.0. The predicted molar refractivity (Wildman–Crippen MR) is 115 cm³/mol. The maximum Gasteiger partial charge on any atom is 0.494 e. The van der Waals surface area contributed by atoms with Crippen molar-refractivity contribution in [3.05, 3.63) is 24.0 Å². The quantitative estimate of drug-likeness (QED) is 0.735. The van der Waals surface area contributed by atoms with E-state index in [4.69, 9.17) is 14.3 Å². The molecule has 2 atom stereocenters. The van der Waals surface area contributed by atoms with Crippen molar-refractivity contribution < 1.29 is 9.31 Å². The van der Waals surface area contributed by atoms with Crippen molar-refractivity contribution in [1.82, 2.24) is 14.5 Å². The third kappa shape index (κ3) is 2.68. The van der Waals surface area contributed by atoms with Gasteiger partial charge in [-0.05, 0) is 71.0 Å². The average Bonchev–Trinajstić information content (AvgIpc) is 3.16. The first-order valence-corrected chi connectivity index (χ1v) is 11.4. The first-order chi connectivity index (χ1) is 13.8. The number of nitrogens with zero attached hydrogens (tertiary/aromatic N) is 3. The van der Waals surface area contributed by atoms with Crippen molar-refractivity contribution in [3.63, 3.8) is 0 Å². The van der Waals surface area contributed by atoms with Gasteiger partial charge in [0.1, 0.15) is 5.82 Å². The zero-order valence-corrected chi connectivity index (χ0v) is 18.1. The molecule has 3 fully saturated rings. The minimum Gasteiger partial charge on any atom is -0.399 e. The molecule has 2 bridgehead atoms. The van der Waals surface area contributed by atoms with Crippen molar-refractivity contribution >= 4 is 23.6 Å². The smallest absolute Gasteiger partial charge is 0.399 e. The summed E-state index contributed by atoms with van der Waals surface area (Å²) in [6.45, 7) is 9.51. The maximum absolute atomic E-state index is 6.26. The van der Waals surface area contributed by atoms with Crippen LogP contribution >= 0.6 is 0 Å². The Morgan fingerprint density at radius 1 is 0.966 bits per heavy atom. The van der Waals surface area contributed by atoms with Crippen LogP contribution in [0.1, 0.15) is 65.6 Å². The summed E-state index contributed by atoms with van der Waals surface area (Å²) in [5.41, 5.74) is 2.79. The third-order valence-corrected chi connectivity index (χ3v) is 8.36. The average molecular weight is 393 g/mol. The standard InChI is InChI=1S/C23H32BN3O2/c1-22(2)23(3,4)29-24(28-22)15-8-11-20-19(12-15)25-21-13-17-9-10-18(14-26(20)21)27(17)16-6-5-7-16/h8,11-12,16-18H,5-7,9-10,13-14H2,1-4H3. The summed E-state index contributed by atoms with van der Waals surface area (Å²) in [7, 11) is -0.323. The van der Waals surface area contributed by atoms with Gasteiger partial charge in [0.15, 0.2) is 0 Å². The molecule has 1 aliphatic carbocycles. The SMILES string of the molecule is CC1(C)OB(c2ccc3c(c2)nc2n3CC3CCC(C2)N3C2CCC2)OC1(C)C. The Kier molecular flexibility index (Phi) is 3.86. The molecule has 29 heavy (non-hydrogen) atoms. The van der Waals surface area contributed by atoms with Crippen LogP contribution in [0.25, 0.3) is 11.0 Å². The number of hydrogen-bond donors (Lipinski definition) is 0. The lowest BCUT2D eigenvalue weighted by Gasteiger charge is -2.41. The predicted octanol–water partition coefficient (Wildman–Crippen LogP) is 3.28. The molecule has 1 aromatic carbocycles. The van der Waals surface area contributed by atoms with Gasteiger partial charge in [0.2, 0.25) is 0 Å². The van der Waals surface area contributed by atoms with E-state index in [1.54, 1.807) is 0 Å². The molecule has 2 aromatic rings. The molecule has 6 rings (SSSR count). The van der Waals surface area contributed by atoms with Crippen LogP contribution in [-0.2, 0) is 22.3 Å². The maximum atomic E-state index is 6.26. The molecule has 2 unspecified atom stereocenters. The van der Waals surface area contributed by atoms with Gasteiger partial charge >= 0.3 is 7.12 Å². The minimum absolute atomic E-state index is 0.317. The van der Waals surface area contributed by atoms with E-state index in [0.717, 1.165) is 30.0 Å². The molecule has 3 aliphatic heterocycles. The number of fused-ring (bicyclic) bond motifs is 5. The summed E-state index contributed by atoms with van der Waals surface area (Å²) in [6.07, 6.45) is 7.97. The van der Waals surface area contributed by atoms with E-state index >= 15 is 0 Å². The molecule has 4 aliphatic rings. The summed E-state index contributed by atoms with van der Waals surface area (Å²) in [6, 6.07) is 8.80. The molecule has 1 saturated carbocycles. The normalized spacial score (nSPS) is 31.1. The highest BCUT2D eigenvalue weighted by Gasteiger charge is 2.52. The van der Waals surface area contributed by atoms with Gasteiger partial charge in [-0.15, -0.1) is 0 Å². The summed E-state index contributed by atoms with van der Waals surface area (Å²) in [4.78, 5) is 7.96. The first-order valence-electron chi connectivity index (χ1n) is 11.4. The van der Waals surface area contributed by atoms with Crippen LogP contribution in [0.2, 0.25) is 0 Å². The fraction of sp³-hybridized carbons (Fsp3) is 0.696. The Balaban J connectivity index is 1.32. The van der Waals surface area contributed by atoms with E-state index in [9.17, 15) is 0 Å². The zero-order valence-electron chi connectivity index (χ0n) is 18.1. The Morgan fingerprint density at radius 3 is 2.38 bits per heavy atom. The Morgan fingerprint density at radius 2 is 1.69 bits per heavy atom. The Labute approximate surface area is 173 Å². The van der Waals surface area contributed by atoms with Crippen LogP contribution in [-0.4, -0.2) is 50.9 Å². The minimum atomic E-state index is -0.323. The molecule has 0 spiro atoms. The van der Waals surface area contributed by atoms with Gasteiger partial charge in [-0.3, -0.25) is 4.90 Å². The molecule has 154 valence electrons. The van der Waals surface area contributed by atoms with Crippen LogP contribution in [0.5, 0.6) is 0 Å². The van der Waals surface area contributed by atoms with Crippen molar-refractivity contribution in [2.45, 2.75) is 102 Å². The van der Waals surface area contributed by atoms with Gasteiger partial charge < -0.3 is 13.9 Å². The van der Waals surface area contributed by atoms with Crippen LogP contribution in [0, 0.1) is 0 Å². The van der Waals surface area contributed by atoms with E-state index in [2.05, 4.69) is 55.4 Å². The topological polar surface area (TPSA) is 39.5 Å². The van der Waals surface area contributed by atoms with Crippen LogP contribution in [0.3, 0.4) is 0 Å². The number of benzene rings is 1. The molecule has 5 nitrogen and oxygen atoms in total. The van der Waals surface area contributed by atoms with E-state index in [1.807, 2.05) is 0 Å². The molecular weight excluding hydrogens is 361 g/mol. The van der Waals surface area contributed by atoms with Gasteiger partial charge in [0, 0.05) is 31.1 Å². The second-order valence-electron chi connectivity index (χ2n) is 10.6. The Bertz CT molecular complexity index is 948. The molecule has 1 aromatic heterocycles. The largest absolute Gasteiger partial charge is 0.494 e. The fourth-order valence-corrected chi connectivity index (χ4v) is 5.76. The van der Waals surface area contributed by atoms with Gasteiger partial charge in [0.25, 0.3) is 0 Å². The summed E-state index contributed by atoms with van der Waals surface area (Å²) in [5.74, 6) is 1.27. The summed E-state index contributed by atoms with van der Waals surface area (Å²) >= 11 is 0. The lowest BCUT2D eigenvalue weighted by Crippen LogP contribution is -2.48. The van der Waals surface area contributed by atoms with Crippen molar-refractivity contribution in [3.8, 4) is 0 Å². The highest BCUT2D eigenvalue weighted by molar-refractivity contribution is 6.62. The summed E-state index contributed by atoms with van der Waals surface area (Å²) in [5, 5.41) is 0. The van der Waals surface area contributed by atoms with E-state index in [0.29, 0.717) is 12.1 Å². The second-order valence-corrected chi connectivity index (χ2v) is 10.6. The van der Waals surface area contributed by atoms with E-state index in [1.165, 1.54) is 43.4 Å². The molecule has 2 saturated heterocycles. The van der Waals surface area contributed by atoms with Crippen LogP contribution in [0.4, 0.5) is 0 Å². The first kappa shape index (κ1) is 18.4. The lowest BCUT2D eigenvalue weighted by molar-refractivity contribution is 0.00578. The molecular formula is C23H32BN3O2. The fourth-order valence-electron chi connectivity index (χ4n) is 5.76. The van der Waals surface area contributed by atoms with Crippen LogP contribution < -0.4 is 5.46 Å². The van der Waals surface area contributed by atoms with Crippen LogP contribution in [0.15, 0.2) is 18.2 Å². The number of aromatic nitrogens is 2. The number of imidazole rings is 1. The molecule has 0 radical (unpaired) electrons. The van der Waals surface area contributed by atoms with Gasteiger partial charge in [-0.25, -0.2) is 4.98 Å². The van der Waals surface area contributed by atoms with E-state index < -0.39 is 0 Å². The second kappa shape index (κ2) is 6.08. The summed E-state index contributed by atoms with van der Waals surface area (Å²) < 4.78 is 15.0. The number of hydrogen-bond acceptors (Lipinski definition) is 4. The van der Waals surface area contributed by atoms with Crippen molar-refractivity contribution in [2.24, 2.45) is 0 Å². The highest BCUT2D eigenvalue weighted by Crippen LogP contribution is 2.40. The monoisotopic (exact) mass is 393 g/mol. The molecule has 0 amide bonds. The molecule has 6 heteroatoms. The van der Waals surface area contributed by atoms with E-state index in [-0.39, 0.29) is 18.3 Å². The molecule has 0 N–H and O–H groups in total. The highest BCUT2D eigenvalue weighted by atomic mass is 16.7.